The molecule has 1 aliphatic rings. The number of benzene rings is 1. The number of fused-ring (bicyclic) bond motifs is 3. The van der Waals surface area contributed by atoms with Gasteiger partial charge in [0, 0.05) is 24.5 Å². The average molecular weight is 215 g/mol. The molecule has 0 saturated carbocycles. The quantitative estimate of drug-likeness (QED) is 0.791. The van der Waals surface area contributed by atoms with Gasteiger partial charge in [0.15, 0.2) is 0 Å². The van der Waals surface area contributed by atoms with Gasteiger partial charge < -0.3 is 0 Å². The molecule has 0 spiro atoms. The second kappa shape index (κ2) is 3.59. The number of hydrogen-bond acceptors (Lipinski definition) is 2. The lowest BCUT2D eigenvalue weighted by molar-refractivity contribution is 0.204. The van der Waals surface area contributed by atoms with Crippen LogP contribution in [0.2, 0.25) is 0 Å². The number of aromatic nitrogens is 2. The highest BCUT2D eigenvalue weighted by atomic mass is 15.1. The molecule has 0 aliphatic carbocycles. The number of H-pyrrole nitrogens is 1. The fraction of sp³-hybridized carbons (Fsp3) is 0.462. The lowest BCUT2D eigenvalue weighted by Gasteiger charge is -2.32. The number of nitrogens with zero attached hydrogens (tertiary/aromatic N) is 2. The molecule has 2 heterocycles. The van der Waals surface area contributed by atoms with Crippen LogP contribution in [0.25, 0.3) is 10.9 Å². The first-order valence-electron chi connectivity index (χ1n) is 5.93. The van der Waals surface area contributed by atoms with Crippen LogP contribution in [0.15, 0.2) is 18.3 Å². The average Bonchev–Trinajstić information content (AvgIpc) is 2.76. The first-order valence-corrected chi connectivity index (χ1v) is 5.93. The first kappa shape index (κ1) is 9.85. The van der Waals surface area contributed by atoms with Crippen molar-refractivity contribution in [2.45, 2.75) is 32.9 Å². The van der Waals surface area contributed by atoms with Crippen molar-refractivity contribution in [3.63, 3.8) is 0 Å². The zero-order chi connectivity index (χ0) is 11.1. The third kappa shape index (κ3) is 1.43. The molecule has 16 heavy (non-hydrogen) atoms. The van der Waals surface area contributed by atoms with Gasteiger partial charge in [0.05, 0.1) is 11.7 Å². The van der Waals surface area contributed by atoms with Gasteiger partial charge in [0.2, 0.25) is 0 Å². The largest absolute Gasteiger partial charge is 0.296 e. The van der Waals surface area contributed by atoms with Gasteiger partial charge in [0.25, 0.3) is 0 Å². The van der Waals surface area contributed by atoms with E-state index in [0.29, 0.717) is 6.04 Å². The maximum atomic E-state index is 4.12. The van der Waals surface area contributed by atoms with Crippen LogP contribution in [-0.2, 0) is 13.0 Å². The smallest absolute Gasteiger partial charge is 0.0653 e. The molecule has 3 rings (SSSR count). The van der Waals surface area contributed by atoms with Crippen LogP contribution in [0.5, 0.6) is 0 Å². The molecule has 1 aromatic heterocycles. The fourth-order valence-electron chi connectivity index (χ4n) is 2.56. The van der Waals surface area contributed by atoms with Crippen molar-refractivity contribution >= 4 is 10.9 Å². The predicted molar refractivity (Wildman–Crippen MR) is 65.3 cm³/mol. The Hall–Kier alpha value is -1.35. The van der Waals surface area contributed by atoms with E-state index in [4.69, 9.17) is 0 Å². The summed E-state index contributed by atoms with van der Waals surface area (Å²) in [7, 11) is 0. The summed E-state index contributed by atoms with van der Waals surface area (Å²) >= 11 is 0. The van der Waals surface area contributed by atoms with Gasteiger partial charge >= 0.3 is 0 Å². The molecule has 3 heteroatoms. The van der Waals surface area contributed by atoms with E-state index in [-0.39, 0.29) is 0 Å². The predicted octanol–water partition coefficient (Wildman–Crippen LogP) is 2.33. The summed E-state index contributed by atoms with van der Waals surface area (Å²) in [5, 5.41) is 8.47. The minimum absolute atomic E-state index is 0.633. The molecule has 3 nitrogen and oxygen atoms in total. The molecule has 0 unspecified atom stereocenters. The molecule has 0 radical (unpaired) electrons. The highest BCUT2D eigenvalue weighted by molar-refractivity contribution is 5.83. The van der Waals surface area contributed by atoms with Crippen LogP contribution >= 0.6 is 0 Å². The van der Waals surface area contributed by atoms with Gasteiger partial charge in [-0.15, -0.1) is 0 Å². The molecule has 0 atom stereocenters. The van der Waals surface area contributed by atoms with E-state index in [1.165, 1.54) is 16.5 Å². The van der Waals surface area contributed by atoms with Gasteiger partial charge in [-0.3, -0.25) is 10.00 Å². The van der Waals surface area contributed by atoms with Gasteiger partial charge in [-0.1, -0.05) is 6.07 Å². The van der Waals surface area contributed by atoms with E-state index in [9.17, 15) is 0 Å². The van der Waals surface area contributed by atoms with E-state index in [1.54, 1.807) is 0 Å². The van der Waals surface area contributed by atoms with Gasteiger partial charge in [-0.2, -0.15) is 5.10 Å². The van der Waals surface area contributed by atoms with Crippen molar-refractivity contribution in [1.82, 2.24) is 15.1 Å². The van der Waals surface area contributed by atoms with Gasteiger partial charge in [-0.25, -0.2) is 0 Å². The molecule has 0 fully saturated rings. The Morgan fingerprint density at radius 1 is 1.38 bits per heavy atom. The van der Waals surface area contributed by atoms with Crippen LogP contribution in [0.4, 0.5) is 0 Å². The Labute approximate surface area is 95.5 Å². The van der Waals surface area contributed by atoms with Crippen molar-refractivity contribution in [2.24, 2.45) is 0 Å². The standard InChI is InChI=1S/C13H17N3/c1-9(2)16-6-5-11-10(8-16)3-4-13-12(11)7-14-15-13/h3-4,7,9H,5-6,8H2,1-2H3,(H,14,15). The lowest BCUT2D eigenvalue weighted by Crippen LogP contribution is -2.35. The number of nitrogens with one attached hydrogen (secondary N) is 1. The minimum atomic E-state index is 0.633. The SMILES string of the molecule is CC(C)N1CCc2c(ccc3[nH]ncc23)C1. The number of hydrogen-bond donors (Lipinski definition) is 1. The highest BCUT2D eigenvalue weighted by Crippen LogP contribution is 2.26. The van der Waals surface area contributed by atoms with Gasteiger partial charge in [0.1, 0.15) is 0 Å². The lowest BCUT2D eigenvalue weighted by atomic mass is 9.96. The zero-order valence-corrected chi connectivity index (χ0v) is 9.83. The Kier molecular flexibility index (Phi) is 2.21. The van der Waals surface area contributed by atoms with Crippen LogP contribution in [0.3, 0.4) is 0 Å². The zero-order valence-electron chi connectivity index (χ0n) is 9.83. The molecule has 1 aromatic carbocycles. The summed E-state index contributed by atoms with van der Waals surface area (Å²) < 4.78 is 0. The number of rotatable bonds is 1. The van der Waals surface area contributed by atoms with E-state index >= 15 is 0 Å². The Morgan fingerprint density at radius 3 is 3.06 bits per heavy atom. The van der Waals surface area contributed by atoms with Crippen LogP contribution in [0, 0.1) is 0 Å². The van der Waals surface area contributed by atoms with Crippen molar-refractivity contribution in [3.8, 4) is 0 Å². The third-order valence-corrected chi connectivity index (χ3v) is 3.59. The fourth-order valence-corrected chi connectivity index (χ4v) is 2.56. The van der Waals surface area contributed by atoms with Crippen LogP contribution in [0.1, 0.15) is 25.0 Å². The molecular weight excluding hydrogens is 198 g/mol. The van der Waals surface area contributed by atoms with Gasteiger partial charge in [-0.05, 0) is 37.5 Å². The normalized spacial score (nSPS) is 16.9. The topological polar surface area (TPSA) is 31.9 Å². The van der Waals surface area contributed by atoms with Crippen LogP contribution < -0.4 is 0 Å². The monoisotopic (exact) mass is 215 g/mol. The van der Waals surface area contributed by atoms with E-state index in [0.717, 1.165) is 25.0 Å². The summed E-state index contributed by atoms with van der Waals surface area (Å²) in [6, 6.07) is 5.02. The van der Waals surface area contributed by atoms with E-state index in [1.807, 2.05) is 6.20 Å². The highest BCUT2D eigenvalue weighted by Gasteiger charge is 2.20. The molecule has 2 aromatic rings. The summed E-state index contributed by atoms with van der Waals surface area (Å²) in [5.41, 5.74) is 4.12. The summed E-state index contributed by atoms with van der Waals surface area (Å²) in [4.78, 5) is 2.52. The Morgan fingerprint density at radius 2 is 2.25 bits per heavy atom. The van der Waals surface area contributed by atoms with Crippen molar-refractivity contribution in [1.29, 1.82) is 0 Å². The minimum Gasteiger partial charge on any atom is -0.296 e. The Bertz CT molecular complexity index is 513. The Balaban J connectivity index is 2.06. The second-order valence-electron chi connectivity index (χ2n) is 4.85. The van der Waals surface area contributed by atoms with Crippen molar-refractivity contribution in [2.75, 3.05) is 6.54 Å². The molecule has 0 saturated heterocycles. The van der Waals surface area contributed by atoms with E-state index in [2.05, 4.69) is 41.1 Å². The second-order valence-corrected chi connectivity index (χ2v) is 4.85. The molecule has 1 aliphatic heterocycles. The first-order chi connectivity index (χ1) is 7.75. The summed E-state index contributed by atoms with van der Waals surface area (Å²) in [6.45, 7) is 6.77. The third-order valence-electron chi connectivity index (χ3n) is 3.59. The molecule has 0 bridgehead atoms. The number of aromatic amines is 1. The molecule has 0 amide bonds. The van der Waals surface area contributed by atoms with E-state index < -0.39 is 0 Å². The van der Waals surface area contributed by atoms with Crippen molar-refractivity contribution < 1.29 is 0 Å². The summed E-state index contributed by atoms with van der Waals surface area (Å²) in [5.74, 6) is 0. The molecule has 84 valence electrons. The maximum Gasteiger partial charge on any atom is 0.0653 e. The molecule has 1 N–H and O–H groups in total. The van der Waals surface area contributed by atoms with Crippen molar-refractivity contribution in [3.05, 3.63) is 29.5 Å². The molecular formula is C13H17N3. The maximum absolute atomic E-state index is 4.12. The van der Waals surface area contributed by atoms with Crippen LogP contribution in [-0.4, -0.2) is 27.7 Å². The summed E-state index contributed by atoms with van der Waals surface area (Å²) in [6.07, 6.45) is 3.10.